The molecule has 3 heterocycles. The molecule has 1 saturated heterocycles. The van der Waals surface area contributed by atoms with Crippen LogP contribution in [0.4, 0.5) is 0 Å². The number of methoxy groups -OCH3 is 1. The van der Waals surface area contributed by atoms with Gasteiger partial charge in [-0.15, -0.1) is 0 Å². The quantitative estimate of drug-likeness (QED) is 0.669. The van der Waals surface area contributed by atoms with E-state index in [9.17, 15) is 9.59 Å². The molecule has 4 rings (SSSR count). The van der Waals surface area contributed by atoms with E-state index in [1.807, 2.05) is 35.2 Å². The predicted molar refractivity (Wildman–Crippen MR) is 102 cm³/mol. The van der Waals surface area contributed by atoms with E-state index in [1.54, 1.807) is 22.8 Å². The van der Waals surface area contributed by atoms with E-state index in [2.05, 4.69) is 5.10 Å². The molecule has 1 aliphatic heterocycles. The highest BCUT2D eigenvalue weighted by atomic mass is 16.5. The monoisotopic (exact) mass is 363 g/mol. The van der Waals surface area contributed by atoms with Crippen molar-refractivity contribution in [2.24, 2.45) is 0 Å². The number of carbonyl (C=O) groups is 2. The zero-order valence-electron chi connectivity index (χ0n) is 15.2. The summed E-state index contributed by atoms with van der Waals surface area (Å²) in [6, 6.07) is 12.9. The Morgan fingerprint density at radius 1 is 1.04 bits per heavy atom. The third-order valence-electron chi connectivity index (χ3n) is 5.00. The molecule has 27 heavy (non-hydrogen) atoms. The van der Waals surface area contributed by atoms with Crippen LogP contribution in [0.1, 0.15) is 40.0 Å². The molecule has 1 aliphatic rings. The smallest absolute Gasteiger partial charge is 0.337 e. The summed E-state index contributed by atoms with van der Waals surface area (Å²) in [6.07, 6.45) is 4.92. The van der Waals surface area contributed by atoms with Crippen LogP contribution < -0.4 is 0 Å². The fourth-order valence-corrected chi connectivity index (χ4v) is 3.59. The summed E-state index contributed by atoms with van der Waals surface area (Å²) in [4.78, 5) is 26.7. The molecule has 1 fully saturated rings. The van der Waals surface area contributed by atoms with Crippen molar-refractivity contribution < 1.29 is 14.3 Å². The Kier molecular flexibility index (Phi) is 4.62. The molecule has 1 aromatic carbocycles. The number of piperidine rings is 1. The summed E-state index contributed by atoms with van der Waals surface area (Å²) in [5.74, 6) is -0.351. The van der Waals surface area contributed by atoms with Gasteiger partial charge in [-0.25, -0.2) is 9.31 Å². The van der Waals surface area contributed by atoms with Crippen molar-refractivity contribution in [2.75, 3.05) is 20.2 Å². The van der Waals surface area contributed by atoms with E-state index in [0.29, 0.717) is 11.1 Å². The Morgan fingerprint density at radius 2 is 1.81 bits per heavy atom. The van der Waals surface area contributed by atoms with Crippen molar-refractivity contribution in [1.82, 2.24) is 14.5 Å². The maximum atomic E-state index is 12.9. The minimum Gasteiger partial charge on any atom is -0.465 e. The number of carbonyl (C=O) groups excluding carboxylic acids is 2. The maximum absolute atomic E-state index is 12.9. The Labute approximate surface area is 157 Å². The zero-order valence-corrected chi connectivity index (χ0v) is 15.2. The number of pyridine rings is 1. The van der Waals surface area contributed by atoms with E-state index < -0.39 is 0 Å². The second-order valence-corrected chi connectivity index (χ2v) is 6.69. The molecule has 6 nitrogen and oxygen atoms in total. The highest BCUT2D eigenvalue weighted by Gasteiger charge is 2.22. The first-order chi connectivity index (χ1) is 13.2. The normalized spacial score (nSPS) is 14.3. The van der Waals surface area contributed by atoms with Gasteiger partial charge in [0, 0.05) is 18.7 Å². The molecule has 3 aromatic rings. The number of hydrogen-bond donors (Lipinski definition) is 0. The average Bonchev–Trinajstić information content (AvgIpc) is 3.17. The molecule has 0 unspecified atom stereocenters. The lowest BCUT2D eigenvalue weighted by molar-refractivity contribution is 0.0600. The van der Waals surface area contributed by atoms with Crippen LogP contribution in [-0.2, 0) is 4.74 Å². The van der Waals surface area contributed by atoms with Gasteiger partial charge in [-0.1, -0.05) is 18.2 Å². The van der Waals surface area contributed by atoms with Gasteiger partial charge in [0.05, 0.1) is 35.6 Å². The molecule has 0 N–H and O–H groups in total. The largest absolute Gasteiger partial charge is 0.465 e. The first-order valence-corrected chi connectivity index (χ1v) is 9.14. The van der Waals surface area contributed by atoms with Gasteiger partial charge in [-0.05, 0) is 43.5 Å². The third-order valence-corrected chi connectivity index (χ3v) is 5.00. The summed E-state index contributed by atoms with van der Waals surface area (Å²) in [7, 11) is 1.36. The molecule has 6 heteroatoms. The summed E-state index contributed by atoms with van der Waals surface area (Å²) < 4.78 is 6.56. The van der Waals surface area contributed by atoms with E-state index in [1.165, 1.54) is 13.5 Å². The third kappa shape index (κ3) is 3.18. The number of ether oxygens (including phenoxy) is 1. The molecule has 0 aliphatic carbocycles. The van der Waals surface area contributed by atoms with Crippen LogP contribution in [-0.4, -0.2) is 46.6 Å². The standard InChI is InChI=1S/C21H21N3O3/c1-27-21(26)16-8-5-7-15(13-16)18-9-6-10-19-17(14-22-24(18)19)20(25)23-11-3-2-4-12-23/h5-10,13-14H,2-4,11-12H2,1H3. The first kappa shape index (κ1) is 17.3. The van der Waals surface area contributed by atoms with E-state index in [-0.39, 0.29) is 11.9 Å². The van der Waals surface area contributed by atoms with Crippen LogP contribution in [0, 0.1) is 0 Å². The number of hydrogen-bond acceptors (Lipinski definition) is 4. The highest BCUT2D eigenvalue weighted by Crippen LogP contribution is 2.25. The van der Waals surface area contributed by atoms with Crippen molar-refractivity contribution in [3.8, 4) is 11.3 Å². The van der Waals surface area contributed by atoms with E-state index in [4.69, 9.17) is 4.74 Å². The number of esters is 1. The molecule has 0 radical (unpaired) electrons. The van der Waals surface area contributed by atoms with Crippen LogP contribution in [0.5, 0.6) is 0 Å². The lowest BCUT2D eigenvalue weighted by Crippen LogP contribution is -2.35. The van der Waals surface area contributed by atoms with Gasteiger partial charge in [-0.3, -0.25) is 4.79 Å². The number of benzene rings is 1. The Morgan fingerprint density at radius 3 is 2.59 bits per heavy atom. The van der Waals surface area contributed by atoms with Crippen molar-refractivity contribution in [3.63, 3.8) is 0 Å². The minimum atomic E-state index is -0.384. The number of aromatic nitrogens is 2. The lowest BCUT2D eigenvalue weighted by Gasteiger charge is -2.26. The van der Waals surface area contributed by atoms with Gasteiger partial charge in [0.25, 0.3) is 5.91 Å². The number of nitrogens with zero attached hydrogens (tertiary/aromatic N) is 3. The van der Waals surface area contributed by atoms with Crippen molar-refractivity contribution >= 4 is 17.4 Å². The molecule has 0 saturated carbocycles. The zero-order chi connectivity index (χ0) is 18.8. The summed E-state index contributed by atoms with van der Waals surface area (Å²) >= 11 is 0. The summed E-state index contributed by atoms with van der Waals surface area (Å²) in [6.45, 7) is 1.61. The maximum Gasteiger partial charge on any atom is 0.337 e. The average molecular weight is 363 g/mol. The fourth-order valence-electron chi connectivity index (χ4n) is 3.59. The summed E-state index contributed by atoms with van der Waals surface area (Å²) in [5, 5.41) is 4.46. The van der Waals surface area contributed by atoms with Crippen LogP contribution in [0.2, 0.25) is 0 Å². The number of amides is 1. The number of likely N-dealkylation sites (tertiary alicyclic amines) is 1. The Hall–Kier alpha value is -3.15. The molecule has 2 aromatic heterocycles. The van der Waals surface area contributed by atoms with Crippen LogP contribution in [0.25, 0.3) is 16.8 Å². The van der Waals surface area contributed by atoms with E-state index >= 15 is 0 Å². The van der Waals surface area contributed by atoms with Gasteiger partial charge in [-0.2, -0.15) is 5.10 Å². The fraction of sp³-hybridized carbons (Fsp3) is 0.286. The van der Waals surface area contributed by atoms with Crippen LogP contribution in [0.3, 0.4) is 0 Å². The Bertz CT molecular complexity index is 1000. The molecule has 0 spiro atoms. The van der Waals surface area contributed by atoms with E-state index in [0.717, 1.165) is 42.7 Å². The van der Waals surface area contributed by atoms with Gasteiger partial charge >= 0.3 is 5.97 Å². The molecule has 1 amide bonds. The molecule has 138 valence electrons. The van der Waals surface area contributed by atoms with Gasteiger partial charge in [0.2, 0.25) is 0 Å². The molecular weight excluding hydrogens is 342 g/mol. The first-order valence-electron chi connectivity index (χ1n) is 9.14. The van der Waals surface area contributed by atoms with Crippen molar-refractivity contribution in [3.05, 3.63) is 59.8 Å². The lowest BCUT2D eigenvalue weighted by atomic mass is 10.1. The van der Waals surface area contributed by atoms with Crippen molar-refractivity contribution in [1.29, 1.82) is 0 Å². The van der Waals surface area contributed by atoms with Crippen LogP contribution >= 0.6 is 0 Å². The van der Waals surface area contributed by atoms with Crippen molar-refractivity contribution in [2.45, 2.75) is 19.3 Å². The highest BCUT2D eigenvalue weighted by molar-refractivity contribution is 6.01. The predicted octanol–water partition coefficient (Wildman–Crippen LogP) is 3.41. The van der Waals surface area contributed by atoms with Gasteiger partial charge in [0.1, 0.15) is 0 Å². The summed E-state index contributed by atoms with van der Waals surface area (Å²) in [5.41, 5.74) is 3.51. The number of rotatable bonds is 3. The van der Waals surface area contributed by atoms with Gasteiger partial charge in [0.15, 0.2) is 0 Å². The number of fused-ring (bicyclic) bond motifs is 1. The molecule has 0 atom stereocenters. The SMILES string of the molecule is COC(=O)c1cccc(-c2cccc3c(C(=O)N4CCCCC4)cnn23)c1. The van der Waals surface area contributed by atoms with Gasteiger partial charge < -0.3 is 9.64 Å². The molecule has 0 bridgehead atoms. The second kappa shape index (κ2) is 7.23. The molecular formula is C21H21N3O3. The topological polar surface area (TPSA) is 63.9 Å². The second-order valence-electron chi connectivity index (χ2n) is 6.69. The van der Waals surface area contributed by atoms with Crippen LogP contribution in [0.15, 0.2) is 48.7 Å². The Balaban J connectivity index is 1.75. The minimum absolute atomic E-state index is 0.0326.